The van der Waals surface area contributed by atoms with E-state index in [9.17, 15) is 0 Å². The van der Waals surface area contributed by atoms with E-state index in [0.717, 1.165) is 10.6 Å². The minimum atomic E-state index is 0.127. The van der Waals surface area contributed by atoms with Gasteiger partial charge >= 0.3 is 0 Å². The van der Waals surface area contributed by atoms with Gasteiger partial charge < -0.3 is 5.32 Å². The number of hydrogen-bond donors (Lipinski definition) is 1. The lowest BCUT2D eigenvalue weighted by molar-refractivity contribution is 0.680. The Balaban J connectivity index is 2.49. The summed E-state index contributed by atoms with van der Waals surface area (Å²) >= 11 is 8.05. The third kappa shape index (κ3) is 2.72. The second-order valence-corrected chi connectivity index (χ2v) is 5.24. The molecule has 94 valence electrons. The first kappa shape index (κ1) is 13.5. The number of benzene rings is 2. The summed E-state index contributed by atoms with van der Waals surface area (Å²) in [5.74, 6) is 0. The van der Waals surface area contributed by atoms with Crippen LogP contribution < -0.4 is 5.32 Å². The maximum Gasteiger partial charge on any atom is 0.0600 e. The van der Waals surface area contributed by atoms with Crippen molar-refractivity contribution in [3.05, 3.63) is 64.7 Å². The number of rotatable bonds is 4. The van der Waals surface area contributed by atoms with Gasteiger partial charge in [-0.15, -0.1) is 11.8 Å². The maximum atomic E-state index is 6.30. The molecule has 0 fully saturated rings. The molecule has 2 aromatic carbocycles. The van der Waals surface area contributed by atoms with E-state index in [-0.39, 0.29) is 6.04 Å². The Bertz CT molecular complexity index is 527. The van der Waals surface area contributed by atoms with E-state index >= 15 is 0 Å². The van der Waals surface area contributed by atoms with Gasteiger partial charge in [-0.25, -0.2) is 0 Å². The van der Waals surface area contributed by atoms with Crippen LogP contribution in [-0.4, -0.2) is 13.3 Å². The van der Waals surface area contributed by atoms with Gasteiger partial charge in [-0.1, -0.05) is 48.0 Å². The van der Waals surface area contributed by atoms with E-state index in [2.05, 4.69) is 41.9 Å². The van der Waals surface area contributed by atoms with Gasteiger partial charge in [0.05, 0.1) is 6.04 Å². The molecule has 1 atom stereocenters. The van der Waals surface area contributed by atoms with Crippen LogP contribution >= 0.6 is 23.4 Å². The average molecular weight is 278 g/mol. The zero-order chi connectivity index (χ0) is 13.0. The second-order valence-electron chi connectivity index (χ2n) is 3.99. The molecular formula is C15H16ClNS. The Morgan fingerprint density at radius 3 is 2.22 bits per heavy atom. The molecule has 0 saturated carbocycles. The van der Waals surface area contributed by atoms with Gasteiger partial charge in [-0.05, 0) is 36.6 Å². The normalized spacial score (nSPS) is 12.4. The molecule has 2 aromatic rings. The van der Waals surface area contributed by atoms with Crippen LogP contribution in [0.2, 0.25) is 5.02 Å². The third-order valence-electron chi connectivity index (χ3n) is 2.95. The van der Waals surface area contributed by atoms with Crippen LogP contribution in [0.3, 0.4) is 0 Å². The molecular weight excluding hydrogens is 262 g/mol. The van der Waals surface area contributed by atoms with Gasteiger partial charge in [0.2, 0.25) is 0 Å². The van der Waals surface area contributed by atoms with Gasteiger partial charge in [0.15, 0.2) is 0 Å². The molecule has 1 nitrogen and oxygen atoms in total. The minimum Gasteiger partial charge on any atom is -0.309 e. The summed E-state index contributed by atoms with van der Waals surface area (Å²) in [7, 11) is 1.96. The van der Waals surface area contributed by atoms with Crippen molar-refractivity contribution in [1.29, 1.82) is 0 Å². The van der Waals surface area contributed by atoms with Crippen molar-refractivity contribution in [1.82, 2.24) is 5.32 Å². The zero-order valence-electron chi connectivity index (χ0n) is 10.5. The van der Waals surface area contributed by atoms with E-state index < -0.39 is 0 Å². The third-order valence-corrected chi connectivity index (χ3v) is 4.11. The Labute approximate surface area is 118 Å². The summed E-state index contributed by atoms with van der Waals surface area (Å²) in [5.41, 5.74) is 2.38. The largest absolute Gasteiger partial charge is 0.309 e. The lowest BCUT2D eigenvalue weighted by Gasteiger charge is -2.20. The molecule has 0 aliphatic rings. The molecule has 0 spiro atoms. The fourth-order valence-electron chi connectivity index (χ4n) is 2.09. The predicted molar refractivity (Wildman–Crippen MR) is 80.6 cm³/mol. The van der Waals surface area contributed by atoms with Crippen molar-refractivity contribution >= 4 is 23.4 Å². The molecule has 0 radical (unpaired) electrons. The summed E-state index contributed by atoms with van der Waals surface area (Å²) in [6.07, 6.45) is 2.10. The molecule has 2 rings (SSSR count). The SMILES string of the molecule is CNC(c1ccccc1Cl)c1ccccc1SC. The lowest BCUT2D eigenvalue weighted by Crippen LogP contribution is -2.18. The Morgan fingerprint density at radius 1 is 1.00 bits per heavy atom. The van der Waals surface area contributed by atoms with E-state index in [1.165, 1.54) is 10.5 Å². The van der Waals surface area contributed by atoms with Crippen molar-refractivity contribution in [2.45, 2.75) is 10.9 Å². The number of halogens is 1. The maximum absolute atomic E-state index is 6.30. The summed E-state index contributed by atoms with van der Waals surface area (Å²) in [6.45, 7) is 0. The summed E-state index contributed by atoms with van der Waals surface area (Å²) < 4.78 is 0. The van der Waals surface area contributed by atoms with E-state index in [0.29, 0.717) is 0 Å². The number of nitrogens with one attached hydrogen (secondary N) is 1. The number of thioether (sulfide) groups is 1. The second kappa shape index (κ2) is 6.28. The molecule has 3 heteroatoms. The zero-order valence-corrected chi connectivity index (χ0v) is 12.1. The molecule has 0 bridgehead atoms. The van der Waals surface area contributed by atoms with Crippen molar-refractivity contribution in [2.75, 3.05) is 13.3 Å². The van der Waals surface area contributed by atoms with Crippen LogP contribution in [0.4, 0.5) is 0 Å². The highest BCUT2D eigenvalue weighted by atomic mass is 35.5. The van der Waals surface area contributed by atoms with E-state index in [4.69, 9.17) is 11.6 Å². The standard InChI is InChI=1S/C15H16ClNS/c1-17-15(11-7-3-5-9-13(11)16)12-8-4-6-10-14(12)18-2/h3-10,15,17H,1-2H3. The molecule has 18 heavy (non-hydrogen) atoms. The van der Waals surface area contributed by atoms with Gasteiger partial charge in [0.1, 0.15) is 0 Å². The van der Waals surface area contributed by atoms with Crippen molar-refractivity contribution < 1.29 is 0 Å². The molecule has 0 aliphatic carbocycles. The van der Waals surface area contributed by atoms with Crippen LogP contribution in [0.1, 0.15) is 17.2 Å². The Morgan fingerprint density at radius 2 is 1.61 bits per heavy atom. The highest BCUT2D eigenvalue weighted by Crippen LogP contribution is 2.32. The first-order chi connectivity index (χ1) is 8.77. The van der Waals surface area contributed by atoms with Gasteiger partial charge in [0, 0.05) is 9.92 Å². The molecule has 0 amide bonds. The average Bonchev–Trinajstić information content (AvgIpc) is 2.42. The number of hydrogen-bond acceptors (Lipinski definition) is 2. The van der Waals surface area contributed by atoms with Crippen LogP contribution in [0.5, 0.6) is 0 Å². The van der Waals surface area contributed by atoms with Gasteiger partial charge in [0.25, 0.3) is 0 Å². The van der Waals surface area contributed by atoms with Crippen LogP contribution in [0.15, 0.2) is 53.4 Å². The highest BCUT2D eigenvalue weighted by Gasteiger charge is 2.17. The minimum absolute atomic E-state index is 0.127. The Hall–Kier alpha value is -0.960. The van der Waals surface area contributed by atoms with Crippen molar-refractivity contribution in [3.8, 4) is 0 Å². The monoisotopic (exact) mass is 277 g/mol. The first-order valence-electron chi connectivity index (χ1n) is 5.82. The highest BCUT2D eigenvalue weighted by molar-refractivity contribution is 7.98. The molecule has 0 aromatic heterocycles. The summed E-state index contributed by atoms with van der Waals surface area (Å²) in [5, 5.41) is 4.15. The summed E-state index contributed by atoms with van der Waals surface area (Å²) in [6, 6.07) is 16.5. The predicted octanol–water partition coefficient (Wildman–Crippen LogP) is 4.37. The van der Waals surface area contributed by atoms with E-state index in [1.54, 1.807) is 11.8 Å². The first-order valence-corrected chi connectivity index (χ1v) is 7.42. The van der Waals surface area contributed by atoms with Crippen LogP contribution in [-0.2, 0) is 0 Å². The van der Waals surface area contributed by atoms with Crippen molar-refractivity contribution in [2.24, 2.45) is 0 Å². The fourth-order valence-corrected chi connectivity index (χ4v) is 2.97. The van der Waals surface area contributed by atoms with Crippen molar-refractivity contribution in [3.63, 3.8) is 0 Å². The van der Waals surface area contributed by atoms with Gasteiger partial charge in [-0.2, -0.15) is 0 Å². The Kier molecular flexibility index (Phi) is 4.70. The molecule has 0 aliphatic heterocycles. The molecule has 1 unspecified atom stereocenters. The molecule has 1 N–H and O–H groups in total. The van der Waals surface area contributed by atoms with Crippen LogP contribution in [0, 0.1) is 0 Å². The van der Waals surface area contributed by atoms with Crippen LogP contribution in [0.25, 0.3) is 0 Å². The lowest BCUT2D eigenvalue weighted by atomic mass is 9.99. The van der Waals surface area contributed by atoms with E-state index in [1.807, 2.05) is 25.2 Å². The summed E-state index contributed by atoms with van der Waals surface area (Å²) in [4.78, 5) is 1.27. The topological polar surface area (TPSA) is 12.0 Å². The molecule has 0 saturated heterocycles. The fraction of sp³-hybridized carbons (Fsp3) is 0.200. The van der Waals surface area contributed by atoms with Gasteiger partial charge in [-0.3, -0.25) is 0 Å². The smallest absolute Gasteiger partial charge is 0.0600 e. The quantitative estimate of drug-likeness (QED) is 0.833. The molecule has 0 heterocycles.